The smallest absolute Gasteiger partial charge is 0.177 e. The Morgan fingerprint density at radius 3 is 3.27 bits per heavy atom. The van der Waals surface area contributed by atoms with Crippen molar-refractivity contribution in [2.45, 2.75) is 11.8 Å². The molecular weight excluding hydrogens is 162 g/mol. The van der Waals surface area contributed by atoms with Gasteiger partial charge in [-0.3, -0.25) is 4.79 Å². The first kappa shape index (κ1) is 6.92. The van der Waals surface area contributed by atoms with Gasteiger partial charge in [0, 0.05) is 12.2 Å². The first-order chi connectivity index (χ1) is 5.27. The zero-order valence-corrected chi connectivity index (χ0v) is 6.69. The van der Waals surface area contributed by atoms with Crippen LogP contribution in [0, 0.1) is 0 Å². The summed E-state index contributed by atoms with van der Waals surface area (Å²) < 4.78 is 0. The van der Waals surface area contributed by atoms with Gasteiger partial charge in [-0.1, -0.05) is 0 Å². The molecular formula is C8H8ClNO. The van der Waals surface area contributed by atoms with E-state index in [4.69, 9.17) is 11.6 Å². The van der Waals surface area contributed by atoms with Crippen molar-refractivity contribution < 1.29 is 4.79 Å². The van der Waals surface area contributed by atoms with E-state index in [2.05, 4.69) is 5.32 Å². The van der Waals surface area contributed by atoms with E-state index in [1.165, 1.54) is 0 Å². The monoisotopic (exact) mass is 169 g/mol. The molecule has 1 N–H and O–H groups in total. The molecule has 2 rings (SSSR count). The van der Waals surface area contributed by atoms with Crippen LogP contribution in [0.25, 0.3) is 0 Å². The van der Waals surface area contributed by atoms with Crippen molar-refractivity contribution in [1.82, 2.24) is 5.32 Å². The lowest BCUT2D eigenvalue weighted by molar-refractivity contribution is -0.113. The molecule has 0 amide bonds. The van der Waals surface area contributed by atoms with Crippen molar-refractivity contribution in [2.75, 3.05) is 6.54 Å². The minimum Gasteiger partial charge on any atom is -0.385 e. The highest BCUT2D eigenvalue weighted by Gasteiger charge is 2.23. The van der Waals surface area contributed by atoms with Crippen LogP contribution in [-0.4, -0.2) is 17.7 Å². The van der Waals surface area contributed by atoms with Crippen molar-refractivity contribution in [1.29, 1.82) is 0 Å². The average molecular weight is 170 g/mol. The molecule has 0 radical (unpaired) electrons. The summed E-state index contributed by atoms with van der Waals surface area (Å²) in [5.41, 5.74) is 2.15. The minimum absolute atomic E-state index is 0.00844. The standard InChI is InChI=1S/C8H8ClNO/c9-6-4-7-5(1-2-10-7)3-8(6)11/h3-4,6,10H,1-2H2. The normalized spacial score (nSPS) is 28.8. The lowest BCUT2D eigenvalue weighted by Crippen LogP contribution is -2.17. The Hall–Kier alpha value is -0.760. The van der Waals surface area contributed by atoms with Gasteiger partial charge in [-0.25, -0.2) is 0 Å². The van der Waals surface area contributed by atoms with E-state index in [-0.39, 0.29) is 5.78 Å². The molecule has 1 fully saturated rings. The molecule has 11 heavy (non-hydrogen) atoms. The number of halogens is 1. The molecule has 0 saturated carbocycles. The van der Waals surface area contributed by atoms with Gasteiger partial charge in [0.1, 0.15) is 5.38 Å². The molecule has 1 heterocycles. The summed E-state index contributed by atoms with van der Waals surface area (Å²) in [5.74, 6) is 0.00844. The number of nitrogens with one attached hydrogen (secondary N) is 1. The number of carbonyl (C=O) groups excluding carboxylic acids is 1. The fourth-order valence-corrected chi connectivity index (χ4v) is 1.56. The number of carbonyl (C=O) groups is 1. The molecule has 0 aromatic heterocycles. The maximum absolute atomic E-state index is 11.1. The SMILES string of the molecule is O=C1C=C2CCNC2=CC1Cl. The highest BCUT2D eigenvalue weighted by atomic mass is 35.5. The summed E-state index contributed by atoms with van der Waals surface area (Å²) in [7, 11) is 0. The number of hydrogen-bond donors (Lipinski definition) is 1. The summed E-state index contributed by atoms with van der Waals surface area (Å²) in [5, 5.41) is 2.71. The topological polar surface area (TPSA) is 29.1 Å². The van der Waals surface area contributed by atoms with Crippen LogP contribution >= 0.6 is 11.6 Å². The van der Waals surface area contributed by atoms with Gasteiger partial charge in [0.05, 0.1) is 0 Å². The predicted molar refractivity (Wildman–Crippen MR) is 43.4 cm³/mol. The molecule has 1 aliphatic heterocycles. The van der Waals surface area contributed by atoms with E-state index < -0.39 is 5.38 Å². The third-order valence-electron chi connectivity index (χ3n) is 1.96. The Labute approximate surface area is 69.9 Å². The van der Waals surface area contributed by atoms with E-state index in [1.807, 2.05) is 0 Å². The van der Waals surface area contributed by atoms with Crippen LogP contribution in [0.2, 0.25) is 0 Å². The molecule has 58 valence electrons. The fraction of sp³-hybridized carbons (Fsp3) is 0.375. The highest BCUT2D eigenvalue weighted by molar-refractivity contribution is 6.34. The van der Waals surface area contributed by atoms with Crippen LogP contribution in [-0.2, 0) is 4.79 Å². The third-order valence-corrected chi connectivity index (χ3v) is 2.30. The molecule has 1 aliphatic carbocycles. The summed E-state index contributed by atoms with van der Waals surface area (Å²) in [6, 6.07) is 0. The number of fused-ring (bicyclic) bond motifs is 1. The molecule has 0 bridgehead atoms. The van der Waals surface area contributed by atoms with E-state index in [0.717, 1.165) is 24.2 Å². The predicted octanol–water partition coefficient (Wildman–Crippen LogP) is 0.980. The lowest BCUT2D eigenvalue weighted by atomic mass is 10.0. The number of ketones is 1. The zero-order chi connectivity index (χ0) is 7.84. The second kappa shape index (κ2) is 2.38. The van der Waals surface area contributed by atoms with Gasteiger partial charge < -0.3 is 5.32 Å². The van der Waals surface area contributed by atoms with Crippen molar-refractivity contribution in [3.63, 3.8) is 0 Å². The van der Waals surface area contributed by atoms with Gasteiger partial charge in [-0.05, 0) is 24.1 Å². The number of rotatable bonds is 0. The van der Waals surface area contributed by atoms with Gasteiger partial charge in [-0.2, -0.15) is 0 Å². The van der Waals surface area contributed by atoms with Gasteiger partial charge in [0.25, 0.3) is 0 Å². The van der Waals surface area contributed by atoms with E-state index >= 15 is 0 Å². The van der Waals surface area contributed by atoms with Crippen LogP contribution in [0.5, 0.6) is 0 Å². The van der Waals surface area contributed by atoms with Crippen LogP contribution in [0.4, 0.5) is 0 Å². The van der Waals surface area contributed by atoms with Crippen LogP contribution in [0.3, 0.4) is 0 Å². The minimum atomic E-state index is -0.459. The van der Waals surface area contributed by atoms with Gasteiger partial charge >= 0.3 is 0 Å². The van der Waals surface area contributed by atoms with Crippen molar-refractivity contribution in [3.05, 3.63) is 23.4 Å². The molecule has 1 unspecified atom stereocenters. The lowest BCUT2D eigenvalue weighted by Gasteiger charge is -2.10. The summed E-state index contributed by atoms with van der Waals surface area (Å²) in [6.45, 7) is 0.925. The maximum atomic E-state index is 11.1. The van der Waals surface area contributed by atoms with E-state index in [9.17, 15) is 4.79 Å². The molecule has 2 nitrogen and oxygen atoms in total. The average Bonchev–Trinajstić information content (AvgIpc) is 2.36. The van der Waals surface area contributed by atoms with Crippen molar-refractivity contribution in [3.8, 4) is 0 Å². The van der Waals surface area contributed by atoms with Crippen LogP contribution in [0.15, 0.2) is 23.4 Å². The molecule has 1 saturated heterocycles. The van der Waals surface area contributed by atoms with E-state index in [0.29, 0.717) is 0 Å². The third kappa shape index (κ3) is 1.07. The summed E-state index contributed by atoms with van der Waals surface area (Å²) in [4.78, 5) is 11.1. The van der Waals surface area contributed by atoms with Gasteiger partial charge in [0.2, 0.25) is 0 Å². The van der Waals surface area contributed by atoms with E-state index in [1.54, 1.807) is 12.2 Å². The second-order valence-corrected chi connectivity index (χ2v) is 3.20. The van der Waals surface area contributed by atoms with Crippen LogP contribution < -0.4 is 5.32 Å². The Bertz CT molecular complexity index is 267. The summed E-state index contributed by atoms with van der Waals surface area (Å²) in [6.07, 6.45) is 4.38. The molecule has 0 spiro atoms. The maximum Gasteiger partial charge on any atom is 0.177 e. The molecule has 2 aliphatic rings. The quantitative estimate of drug-likeness (QED) is 0.548. The highest BCUT2D eigenvalue weighted by Crippen LogP contribution is 2.24. The molecule has 0 aromatic carbocycles. The number of hydrogen-bond acceptors (Lipinski definition) is 2. The first-order valence-corrected chi connectivity index (χ1v) is 4.05. The van der Waals surface area contributed by atoms with Crippen LogP contribution in [0.1, 0.15) is 6.42 Å². The Morgan fingerprint density at radius 1 is 1.64 bits per heavy atom. The first-order valence-electron chi connectivity index (χ1n) is 3.62. The Morgan fingerprint density at radius 2 is 2.45 bits per heavy atom. The largest absolute Gasteiger partial charge is 0.385 e. The molecule has 3 heteroatoms. The Kier molecular flexibility index (Phi) is 1.50. The molecule has 0 aromatic rings. The van der Waals surface area contributed by atoms with Crippen molar-refractivity contribution in [2.24, 2.45) is 0 Å². The second-order valence-electron chi connectivity index (χ2n) is 2.73. The number of allylic oxidation sites excluding steroid dienone is 3. The summed E-state index contributed by atoms with van der Waals surface area (Å²) >= 11 is 5.72. The molecule has 1 atom stereocenters. The van der Waals surface area contributed by atoms with Gasteiger partial charge in [0.15, 0.2) is 5.78 Å². The van der Waals surface area contributed by atoms with Crippen molar-refractivity contribution >= 4 is 17.4 Å². The van der Waals surface area contributed by atoms with Gasteiger partial charge in [-0.15, -0.1) is 11.6 Å². The zero-order valence-electron chi connectivity index (χ0n) is 5.93. The Balaban J connectivity index is 2.36. The number of alkyl halides is 1. The fourth-order valence-electron chi connectivity index (χ4n) is 1.38.